The van der Waals surface area contributed by atoms with E-state index in [1.807, 2.05) is 0 Å². The van der Waals surface area contributed by atoms with Crippen molar-refractivity contribution in [2.75, 3.05) is 19.0 Å². The van der Waals surface area contributed by atoms with Gasteiger partial charge in [-0.3, -0.25) is 19.0 Å². The van der Waals surface area contributed by atoms with Gasteiger partial charge in [0.05, 0.1) is 11.4 Å². The lowest BCUT2D eigenvalue weighted by Gasteiger charge is -2.29. The number of benzene rings is 2. The van der Waals surface area contributed by atoms with Gasteiger partial charge < -0.3 is 10.1 Å². The van der Waals surface area contributed by atoms with Gasteiger partial charge in [0, 0.05) is 23.6 Å². The summed E-state index contributed by atoms with van der Waals surface area (Å²) in [5.74, 6) is -1.54. The summed E-state index contributed by atoms with van der Waals surface area (Å²) >= 11 is 6.79. The summed E-state index contributed by atoms with van der Waals surface area (Å²) in [6, 6.07) is 20.8. The number of halogens is 1. The fourth-order valence-electron chi connectivity index (χ4n) is 3.70. The maximum atomic E-state index is 13.7. The number of hydrogen-bond donors (Lipinski definition) is 1. The van der Waals surface area contributed by atoms with Crippen LogP contribution in [0.25, 0.3) is 5.69 Å². The number of amides is 1. The number of hydrogen-bond acceptors (Lipinski definition) is 7. The number of thiophene rings is 1. The Hall–Kier alpha value is -3.77. The summed E-state index contributed by atoms with van der Waals surface area (Å²) in [4.78, 5) is 38.1. The lowest BCUT2D eigenvalue weighted by Crippen LogP contribution is -2.44. The zero-order chi connectivity index (χ0) is 27.3. The molecule has 4 rings (SSSR count). The molecule has 0 saturated carbocycles. The maximum Gasteiger partial charge on any atom is 0.321 e. The van der Waals surface area contributed by atoms with Gasteiger partial charge in [-0.2, -0.15) is 4.31 Å². The average Bonchev–Trinajstić information content (AvgIpc) is 3.37. The lowest BCUT2D eigenvalue weighted by molar-refractivity contribution is -0.141. The maximum absolute atomic E-state index is 13.7. The molecule has 0 spiro atoms. The molecule has 1 amide bonds. The molecule has 9 nitrogen and oxygen atoms in total. The van der Waals surface area contributed by atoms with E-state index in [1.54, 1.807) is 72.9 Å². The Labute approximate surface area is 227 Å². The minimum absolute atomic E-state index is 0.127. The first kappa shape index (κ1) is 27.3. The average molecular weight is 572 g/mol. The molecule has 0 bridgehead atoms. The number of nitrogens with zero attached hydrogens (tertiary/aromatic N) is 2. The molecule has 0 saturated heterocycles. The van der Waals surface area contributed by atoms with Crippen LogP contribution >= 0.6 is 22.9 Å². The van der Waals surface area contributed by atoms with Gasteiger partial charge in [-0.05, 0) is 48.0 Å². The third-order valence-corrected chi connectivity index (χ3v) is 9.02. The standard InChI is InChI=1S/C26H22ClN3O6S2/c1-36-23(32)17-30(38(34,35)24-15-14-21(27)37-24)25(18-7-3-2-4-8-18)26(33)28-19-10-12-20(13-11-19)29-16-6-5-9-22(29)31/h2-16,25H,17H2,1H3,(H,28,33). The van der Waals surface area contributed by atoms with Crippen molar-refractivity contribution < 1.29 is 22.7 Å². The molecule has 1 atom stereocenters. The Morgan fingerprint density at radius 3 is 2.29 bits per heavy atom. The molecule has 0 aliphatic carbocycles. The third-order valence-electron chi connectivity index (χ3n) is 5.51. The van der Waals surface area contributed by atoms with Crippen molar-refractivity contribution in [3.63, 3.8) is 0 Å². The van der Waals surface area contributed by atoms with E-state index in [9.17, 15) is 22.8 Å². The first-order valence-electron chi connectivity index (χ1n) is 11.2. The zero-order valence-corrected chi connectivity index (χ0v) is 22.4. The highest BCUT2D eigenvalue weighted by Gasteiger charge is 2.39. The lowest BCUT2D eigenvalue weighted by atomic mass is 10.1. The van der Waals surface area contributed by atoms with E-state index in [4.69, 9.17) is 16.3 Å². The smallest absolute Gasteiger partial charge is 0.321 e. The van der Waals surface area contributed by atoms with Crippen molar-refractivity contribution in [2.24, 2.45) is 0 Å². The molecule has 2 heterocycles. The van der Waals surface area contributed by atoms with Gasteiger partial charge in [-0.25, -0.2) is 8.42 Å². The van der Waals surface area contributed by atoms with Crippen molar-refractivity contribution in [3.8, 4) is 5.69 Å². The van der Waals surface area contributed by atoms with Crippen molar-refractivity contribution in [3.05, 3.63) is 111 Å². The molecule has 12 heteroatoms. The van der Waals surface area contributed by atoms with Gasteiger partial charge >= 0.3 is 5.97 Å². The van der Waals surface area contributed by atoms with Gasteiger partial charge in [0.15, 0.2) is 0 Å². The van der Waals surface area contributed by atoms with E-state index in [-0.39, 0.29) is 14.1 Å². The Balaban J connectivity index is 1.72. The van der Waals surface area contributed by atoms with Crippen molar-refractivity contribution in [2.45, 2.75) is 10.3 Å². The summed E-state index contributed by atoms with van der Waals surface area (Å²) in [6.45, 7) is -0.711. The van der Waals surface area contributed by atoms with E-state index >= 15 is 0 Å². The van der Waals surface area contributed by atoms with E-state index in [2.05, 4.69) is 5.32 Å². The van der Waals surface area contributed by atoms with Gasteiger partial charge in [-0.1, -0.05) is 48.0 Å². The van der Waals surface area contributed by atoms with Crippen molar-refractivity contribution >= 4 is 50.5 Å². The Bertz CT molecular complexity index is 1600. The van der Waals surface area contributed by atoms with Gasteiger partial charge in [0.2, 0.25) is 5.91 Å². The molecule has 38 heavy (non-hydrogen) atoms. The van der Waals surface area contributed by atoms with Crippen LogP contribution in [0, 0.1) is 0 Å². The summed E-state index contributed by atoms with van der Waals surface area (Å²) in [6.07, 6.45) is 1.62. The highest BCUT2D eigenvalue weighted by atomic mass is 35.5. The predicted octanol–water partition coefficient (Wildman–Crippen LogP) is 4.10. The number of rotatable bonds is 9. The third kappa shape index (κ3) is 6.03. The minimum atomic E-state index is -4.35. The Morgan fingerprint density at radius 2 is 1.68 bits per heavy atom. The summed E-state index contributed by atoms with van der Waals surface area (Å²) < 4.78 is 34.4. The molecule has 196 valence electrons. The van der Waals surface area contributed by atoms with Crippen LogP contribution in [0.2, 0.25) is 4.34 Å². The highest BCUT2D eigenvalue weighted by molar-refractivity contribution is 7.91. The molecule has 4 aromatic rings. The molecule has 0 radical (unpaired) electrons. The Morgan fingerprint density at radius 1 is 1.00 bits per heavy atom. The summed E-state index contributed by atoms with van der Waals surface area (Å²) in [5, 5.41) is 2.73. The fourth-order valence-corrected chi connectivity index (χ4v) is 6.83. The van der Waals surface area contributed by atoms with Crippen LogP contribution in [0.3, 0.4) is 0 Å². The number of nitrogens with one attached hydrogen (secondary N) is 1. The number of ether oxygens (including phenoxy) is 1. The SMILES string of the molecule is COC(=O)CN(C(C(=O)Nc1ccc(-n2ccccc2=O)cc1)c1ccccc1)S(=O)(=O)c1ccc(Cl)s1. The number of sulfonamides is 1. The molecule has 2 aromatic carbocycles. The van der Waals surface area contributed by atoms with Crippen LogP contribution in [0.5, 0.6) is 0 Å². The second-order valence-corrected chi connectivity index (χ2v) is 11.8. The van der Waals surface area contributed by atoms with E-state index in [1.165, 1.54) is 22.8 Å². The molecule has 2 aromatic heterocycles. The molecular weight excluding hydrogens is 550 g/mol. The van der Waals surface area contributed by atoms with Crippen LogP contribution in [0.15, 0.2) is 100 Å². The molecule has 1 N–H and O–H groups in total. The summed E-state index contributed by atoms with van der Waals surface area (Å²) in [7, 11) is -3.22. The topological polar surface area (TPSA) is 115 Å². The number of pyridine rings is 1. The quantitative estimate of drug-likeness (QED) is 0.303. The molecule has 1 unspecified atom stereocenters. The van der Waals surface area contributed by atoms with Crippen molar-refractivity contribution in [1.29, 1.82) is 0 Å². The van der Waals surface area contributed by atoms with E-state index in [0.29, 0.717) is 16.9 Å². The highest BCUT2D eigenvalue weighted by Crippen LogP contribution is 2.34. The van der Waals surface area contributed by atoms with Crippen molar-refractivity contribution in [1.82, 2.24) is 8.87 Å². The van der Waals surface area contributed by atoms with Crippen LogP contribution in [0.4, 0.5) is 5.69 Å². The fraction of sp³-hybridized carbons (Fsp3) is 0.115. The number of methoxy groups -OCH3 is 1. The minimum Gasteiger partial charge on any atom is -0.468 e. The van der Waals surface area contributed by atoms with Gasteiger partial charge in [-0.15, -0.1) is 11.3 Å². The molecule has 0 fully saturated rings. The Kier molecular flexibility index (Phi) is 8.42. The molecule has 0 aliphatic rings. The number of carbonyl (C=O) groups is 2. The second kappa shape index (κ2) is 11.7. The molecular formula is C26H22ClN3O6S2. The predicted molar refractivity (Wildman–Crippen MR) is 145 cm³/mol. The van der Waals surface area contributed by atoms with E-state index in [0.717, 1.165) is 22.8 Å². The second-order valence-electron chi connectivity index (χ2n) is 7.94. The van der Waals surface area contributed by atoms with E-state index < -0.39 is 34.5 Å². The van der Waals surface area contributed by atoms with Crippen LogP contribution < -0.4 is 10.9 Å². The number of carbonyl (C=O) groups excluding carboxylic acids is 2. The first-order valence-corrected chi connectivity index (χ1v) is 13.8. The van der Waals surface area contributed by atoms with Crippen LogP contribution in [0.1, 0.15) is 11.6 Å². The van der Waals surface area contributed by atoms with Crippen LogP contribution in [-0.2, 0) is 24.3 Å². The monoisotopic (exact) mass is 571 g/mol. The number of esters is 1. The number of aromatic nitrogens is 1. The van der Waals surface area contributed by atoms with Gasteiger partial charge in [0.25, 0.3) is 15.6 Å². The van der Waals surface area contributed by atoms with Crippen LogP contribution in [-0.4, -0.2) is 42.8 Å². The summed E-state index contributed by atoms with van der Waals surface area (Å²) in [5.41, 5.74) is 1.06. The van der Waals surface area contributed by atoms with Gasteiger partial charge in [0.1, 0.15) is 16.8 Å². The molecule has 0 aliphatic heterocycles. The first-order chi connectivity index (χ1) is 18.2. The number of anilines is 1. The normalized spacial score (nSPS) is 12.2. The zero-order valence-electron chi connectivity index (χ0n) is 20.0. The largest absolute Gasteiger partial charge is 0.468 e.